The minimum Gasteiger partial charge on any atom is -0.298 e. The first-order chi connectivity index (χ1) is 11.3. The first-order valence-corrected chi connectivity index (χ1v) is 8.99. The fourth-order valence-electron chi connectivity index (χ4n) is 2.47. The van der Waals surface area contributed by atoms with Crippen LogP contribution in [0, 0.1) is 13.8 Å². The molecule has 126 valence electrons. The zero-order chi connectivity index (χ0) is 17.5. The molecule has 0 aliphatic rings. The summed E-state index contributed by atoms with van der Waals surface area (Å²) in [7, 11) is -3.79. The Morgan fingerprint density at radius 2 is 1.83 bits per heavy atom. The van der Waals surface area contributed by atoms with Gasteiger partial charge in [-0.3, -0.25) is 13.9 Å². The second-order valence-electron chi connectivity index (χ2n) is 5.57. The topological polar surface area (TPSA) is 85.5 Å². The Bertz CT molecular complexity index is 1060. The number of benzene rings is 1. The lowest BCUT2D eigenvalue weighted by Gasteiger charge is -2.06. The Hall–Kier alpha value is -2.61. The molecule has 24 heavy (non-hydrogen) atoms. The van der Waals surface area contributed by atoms with Crippen LogP contribution >= 0.6 is 0 Å². The Balaban J connectivity index is 2.08. The number of aromatic nitrogens is 3. The van der Waals surface area contributed by atoms with Gasteiger partial charge in [0.2, 0.25) is 0 Å². The molecule has 8 heteroatoms. The molecule has 3 rings (SSSR count). The predicted octanol–water partition coefficient (Wildman–Crippen LogP) is 1.93. The maximum atomic E-state index is 12.6. The highest BCUT2D eigenvalue weighted by atomic mass is 32.2. The molecule has 0 unspecified atom stereocenters. The minimum atomic E-state index is -3.79. The van der Waals surface area contributed by atoms with Gasteiger partial charge in [0.05, 0.1) is 0 Å². The minimum absolute atomic E-state index is 0.0268. The van der Waals surface area contributed by atoms with Gasteiger partial charge in [-0.2, -0.15) is 5.10 Å². The van der Waals surface area contributed by atoms with Crippen LogP contribution in [-0.4, -0.2) is 22.6 Å². The van der Waals surface area contributed by atoms with Crippen molar-refractivity contribution in [2.45, 2.75) is 32.2 Å². The van der Waals surface area contributed by atoms with E-state index in [9.17, 15) is 13.2 Å². The Morgan fingerprint density at radius 1 is 1.17 bits per heavy atom. The third kappa shape index (κ3) is 2.80. The van der Waals surface area contributed by atoms with Crippen LogP contribution in [0.4, 0.5) is 5.69 Å². The summed E-state index contributed by atoms with van der Waals surface area (Å²) in [6.07, 6.45) is 1.41. The molecule has 0 radical (unpaired) electrons. The van der Waals surface area contributed by atoms with Crippen LogP contribution in [0.15, 0.2) is 46.2 Å². The Kier molecular flexibility index (Phi) is 3.92. The Labute approximate surface area is 139 Å². The van der Waals surface area contributed by atoms with Gasteiger partial charge in [-0.15, -0.1) is 0 Å². The first kappa shape index (κ1) is 16.3. The molecule has 3 aromatic rings. The number of fused-ring (bicyclic) bond motifs is 1. The standard InChI is InChI=1S/C16H18N4O3S/c1-4-20-16(21)15-9-14(10-19(15)12(3)17-20)24(22,23)18-13-7-5-11(2)6-8-13/h5-10,18H,4H2,1-3H3. The van der Waals surface area contributed by atoms with E-state index in [-0.39, 0.29) is 16.0 Å². The van der Waals surface area contributed by atoms with Gasteiger partial charge >= 0.3 is 0 Å². The summed E-state index contributed by atoms with van der Waals surface area (Å²) in [6, 6.07) is 8.41. The molecule has 0 saturated carbocycles. The third-order valence-electron chi connectivity index (χ3n) is 3.78. The molecule has 0 amide bonds. The van der Waals surface area contributed by atoms with Crippen molar-refractivity contribution in [2.75, 3.05) is 4.72 Å². The van der Waals surface area contributed by atoms with Crippen molar-refractivity contribution in [2.24, 2.45) is 0 Å². The highest BCUT2D eigenvalue weighted by molar-refractivity contribution is 7.92. The molecule has 0 aliphatic heterocycles. The van der Waals surface area contributed by atoms with Crippen LogP contribution in [-0.2, 0) is 16.6 Å². The number of aryl methyl sites for hydroxylation is 3. The summed E-state index contributed by atoms with van der Waals surface area (Å²) in [6.45, 7) is 5.88. The van der Waals surface area contributed by atoms with Crippen molar-refractivity contribution >= 4 is 21.2 Å². The molecule has 0 bridgehead atoms. The predicted molar refractivity (Wildman–Crippen MR) is 91.9 cm³/mol. The fourth-order valence-corrected chi connectivity index (χ4v) is 3.54. The average molecular weight is 346 g/mol. The van der Waals surface area contributed by atoms with Crippen molar-refractivity contribution < 1.29 is 8.42 Å². The molecule has 0 fully saturated rings. The van der Waals surface area contributed by atoms with Crippen molar-refractivity contribution in [1.29, 1.82) is 0 Å². The summed E-state index contributed by atoms with van der Waals surface area (Å²) >= 11 is 0. The van der Waals surface area contributed by atoms with E-state index < -0.39 is 10.0 Å². The number of hydrogen-bond donors (Lipinski definition) is 1. The average Bonchev–Trinajstić information content (AvgIpc) is 3.00. The second-order valence-corrected chi connectivity index (χ2v) is 7.25. The van der Waals surface area contributed by atoms with E-state index in [0.29, 0.717) is 18.1 Å². The van der Waals surface area contributed by atoms with Crippen molar-refractivity contribution in [3.05, 3.63) is 58.3 Å². The molecule has 7 nitrogen and oxygen atoms in total. The largest absolute Gasteiger partial charge is 0.298 e. The third-order valence-corrected chi connectivity index (χ3v) is 5.12. The maximum absolute atomic E-state index is 12.6. The van der Waals surface area contributed by atoms with Crippen LogP contribution in [0.1, 0.15) is 18.3 Å². The van der Waals surface area contributed by atoms with E-state index in [1.54, 1.807) is 19.1 Å². The second kappa shape index (κ2) is 5.79. The number of sulfonamides is 1. The van der Waals surface area contributed by atoms with Crippen LogP contribution in [0.3, 0.4) is 0 Å². The number of hydrogen-bond acceptors (Lipinski definition) is 4. The SMILES string of the molecule is CCn1nc(C)n2cc(S(=O)(=O)Nc3ccc(C)cc3)cc2c1=O. The Morgan fingerprint density at radius 3 is 2.46 bits per heavy atom. The molecule has 0 aliphatic carbocycles. The lowest BCUT2D eigenvalue weighted by Crippen LogP contribution is -2.25. The highest BCUT2D eigenvalue weighted by Crippen LogP contribution is 2.18. The lowest BCUT2D eigenvalue weighted by atomic mass is 10.2. The zero-order valence-corrected chi connectivity index (χ0v) is 14.5. The van der Waals surface area contributed by atoms with Crippen LogP contribution < -0.4 is 10.3 Å². The van der Waals surface area contributed by atoms with Gasteiger partial charge in [0.15, 0.2) is 0 Å². The lowest BCUT2D eigenvalue weighted by molar-refractivity contribution is 0.592. The van der Waals surface area contributed by atoms with Gasteiger partial charge in [-0.25, -0.2) is 13.1 Å². The van der Waals surface area contributed by atoms with E-state index in [4.69, 9.17) is 0 Å². The maximum Gasteiger partial charge on any atom is 0.291 e. The number of anilines is 1. The summed E-state index contributed by atoms with van der Waals surface area (Å²) in [5.74, 6) is 0.545. The van der Waals surface area contributed by atoms with E-state index in [2.05, 4.69) is 9.82 Å². The van der Waals surface area contributed by atoms with Gasteiger partial charge < -0.3 is 0 Å². The fraction of sp³-hybridized carbons (Fsp3) is 0.250. The normalized spacial score (nSPS) is 11.8. The number of nitrogens with zero attached hydrogens (tertiary/aromatic N) is 3. The van der Waals surface area contributed by atoms with Gasteiger partial charge in [0.1, 0.15) is 16.2 Å². The molecule has 1 aromatic carbocycles. The smallest absolute Gasteiger partial charge is 0.291 e. The summed E-state index contributed by atoms with van der Waals surface area (Å²) < 4.78 is 30.5. The van der Waals surface area contributed by atoms with Crippen LogP contribution in [0.25, 0.3) is 5.52 Å². The molecule has 0 saturated heterocycles. The van der Waals surface area contributed by atoms with E-state index in [1.807, 2.05) is 26.0 Å². The van der Waals surface area contributed by atoms with Crippen molar-refractivity contribution in [3.63, 3.8) is 0 Å². The molecule has 0 spiro atoms. The van der Waals surface area contributed by atoms with Crippen LogP contribution in [0.2, 0.25) is 0 Å². The quantitative estimate of drug-likeness (QED) is 0.782. The van der Waals surface area contributed by atoms with Crippen molar-refractivity contribution in [3.8, 4) is 0 Å². The molecular formula is C16H18N4O3S. The monoisotopic (exact) mass is 346 g/mol. The highest BCUT2D eigenvalue weighted by Gasteiger charge is 2.19. The van der Waals surface area contributed by atoms with E-state index >= 15 is 0 Å². The number of nitrogens with one attached hydrogen (secondary N) is 1. The summed E-state index contributed by atoms with van der Waals surface area (Å²) in [5.41, 5.74) is 1.47. The molecular weight excluding hydrogens is 328 g/mol. The summed E-state index contributed by atoms with van der Waals surface area (Å²) in [4.78, 5) is 12.3. The summed E-state index contributed by atoms with van der Waals surface area (Å²) in [5, 5.41) is 4.16. The number of rotatable bonds is 4. The first-order valence-electron chi connectivity index (χ1n) is 7.51. The van der Waals surface area contributed by atoms with Gasteiger partial charge in [-0.1, -0.05) is 17.7 Å². The van der Waals surface area contributed by atoms with Gasteiger partial charge in [0, 0.05) is 18.4 Å². The zero-order valence-electron chi connectivity index (χ0n) is 13.6. The molecule has 0 atom stereocenters. The van der Waals surface area contributed by atoms with Gasteiger partial charge in [0.25, 0.3) is 15.6 Å². The van der Waals surface area contributed by atoms with E-state index in [0.717, 1.165) is 5.56 Å². The van der Waals surface area contributed by atoms with Crippen LogP contribution in [0.5, 0.6) is 0 Å². The van der Waals surface area contributed by atoms with Gasteiger partial charge in [-0.05, 0) is 39.0 Å². The van der Waals surface area contributed by atoms with Crippen molar-refractivity contribution in [1.82, 2.24) is 14.2 Å². The molecule has 1 N–H and O–H groups in total. The molecule has 2 aromatic heterocycles. The molecule has 2 heterocycles. The van der Waals surface area contributed by atoms with E-state index in [1.165, 1.54) is 21.3 Å².